The van der Waals surface area contributed by atoms with Gasteiger partial charge < -0.3 is 8.85 Å². The molecule has 0 rings (SSSR count). The quantitative estimate of drug-likeness (QED) is 0.559. The van der Waals surface area contributed by atoms with Crippen LogP contribution in [-0.2, 0) is 13.6 Å². The van der Waals surface area contributed by atoms with Crippen LogP contribution in [0.25, 0.3) is 0 Å². The molecule has 0 spiro atoms. The van der Waals surface area contributed by atoms with Crippen LogP contribution in [-0.4, -0.2) is 28.5 Å². The van der Waals surface area contributed by atoms with Gasteiger partial charge in [-0.15, -0.1) is 11.1 Å². The third-order valence-corrected chi connectivity index (χ3v) is 2.93. The van der Waals surface area contributed by atoms with Crippen molar-refractivity contribution < 1.29 is 13.6 Å². The molecule has 0 radical (unpaired) electrons. The van der Waals surface area contributed by atoms with E-state index in [0.29, 0.717) is 0 Å². The molecule has 0 heterocycles. The van der Waals surface area contributed by atoms with E-state index < -0.39 is 15.9 Å². The summed E-state index contributed by atoms with van der Waals surface area (Å²) in [6, 6.07) is 0. The Labute approximate surface area is 86.3 Å². The summed E-state index contributed by atoms with van der Waals surface area (Å²) in [6.45, 7) is 9.58. The Bertz CT molecular complexity index is 183. The maximum Gasteiger partial charge on any atom is 0.345 e. The average Bonchev–Trinajstić information content (AvgIpc) is 1.78. The van der Waals surface area contributed by atoms with Crippen LogP contribution in [0.2, 0.25) is 32.7 Å². The van der Waals surface area contributed by atoms with Crippen LogP contribution in [0.15, 0.2) is 0 Å². The fourth-order valence-corrected chi connectivity index (χ4v) is 1.98. The number of halogens is 1. The smallest absolute Gasteiger partial charge is 0.345 e. The summed E-state index contributed by atoms with van der Waals surface area (Å²) >= 11 is 5.83. The zero-order valence-corrected chi connectivity index (χ0v) is 11.6. The summed E-state index contributed by atoms with van der Waals surface area (Å²) in [6.07, 6.45) is 0. The van der Waals surface area contributed by atoms with Crippen molar-refractivity contribution in [2.45, 2.75) is 32.7 Å². The van der Waals surface area contributed by atoms with Gasteiger partial charge in [0.1, 0.15) is 6.61 Å². The molecule has 0 fully saturated rings. The molecule has 0 atom stereocenters. The first-order chi connectivity index (χ1) is 5.60. The topological polar surface area (TPSA) is 35.5 Å². The Kier molecular flexibility index (Phi) is 4.64. The summed E-state index contributed by atoms with van der Waals surface area (Å²) in [5.41, 5.74) is 0. The minimum Gasteiger partial charge on any atom is -0.503 e. The fraction of sp³-hybridized carbons (Fsp3) is 0.857. The van der Waals surface area contributed by atoms with Gasteiger partial charge in [0.15, 0.2) is 8.32 Å². The van der Waals surface area contributed by atoms with Gasteiger partial charge in [-0.3, -0.25) is 4.79 Å². The second-order valence-electron chi connectivity index (χ2n) is 4.24. The van der Waals surface area contributed by atoms with E-state index in [0.717, 1.165) is 0 Å². The first-order valence-corrected chi connectivity index (χ1v) is 11.5. The summed E-state index contributed by atoms with van der Waals surface area (Å²) in [5.74, 6) is -0.353. The molecule has 6 heteroatoms. The largest absolute Gasteiger partial charge is 0.503 e. The molecule has 0 aliphatic rings. The summed E-state index contributed by atoms with van der Waals surface area (Å²) in [7, 11) is -3.88. The van der Waals surface area contributed by atoms with Gasteiger partial charge >= 0.3 is 13.6 Å². The van der Waals surface area contributed by atoms with E-state index in [-0.39, 0.29) is 12.6 Å². The summed E-state index contributed by atoms with van der Waals surface area (Å²) in [4.78, 5) is 11.1. The highest BCUT2D eigenvalue weighted by atomic mass is 35.6. The van der Waals surface area contributed by atoms with Crippen molar-refractivity contribution in [3.8, 4) is 0 Å². The number of hydrogen-bond acceptors (Lipinski definition) is 3. The monoisotopic (exact) mass is 240 g/mol. The van der Waals surface area contributed by atoms with Gasteiger partial charge in [0.05, 0.1) is 0 Å². The highest BCUT2D eigenvalue weighted by Gasteiger charge is 2.25. The van der Waals surface area contributed by atoms with Crippen LogP contribution < -0.4 is 0 Å². The van der Waals surface area contributed by atoms with Crippen molar-refractivity contribution in [2.75, 3.05) is 6.61 Å². The zero-order chi connectivity index (χ0) is 10.7. The molecular weight excluding hydrogens is 224 g/mol. The summed E-state index contributed by atoms with van der Waals surface area (Å²) in [5, 5.41) is 0. The van der Waals surface area contributed by atoms with E-state index in [1.54, 1.807) is 13.1 Å². The normalized spacial score (nSPS) is 12.8. The zero-order valence-electron chi connectivity index (χ0n) is 8.81. The van der Waals surface area contributed by atoms with E-state index >= 15 is 0 Å². The van der Waals surface area contributed by atoms with Crippen LogP contribution in [0, 0.1) is 0 Å². The highest BCUT2D eigenvalue weighted by molar-refractivity contribution is 7.15. The molecule has 0 saturated carbocycles. The Hall–Kier alpha value is 0.154. The maximum atomic E-state index is 11.1. The molecule has 13 heavy (non-hydrogen) atoms. The lowest BCUT2D eigenvalue weighted by Crippen LogP contribution is -2.33. The van der Waals surface area contributed by atoms with Crippen molar-refractivity contribution >= 4 is 33.0 Å². The minimum absolute atomic E-state index is 0.0267. The van der Waals surface area contributed by atoms with Crippen molar-refractivity contribution in [3.63, 3.8) is 0 Å². The standard InChI is InChI=1S/C7H17ClO3Si2/c1-12(2,3)10-6-7(9)11-13(4,5)8/h6H2,1-5H3. The van der Waals surface area contributed by atoms with Gasteiger partial charge in [0, 0.05) is 0 Å². The SMILES string of the molecule is C[Si](C)(C)OCC(=O)O[Si](C)(C)Cl. The van der Waals surface area contributed by atoms with Crippen molar-refractivity contribution in [1.82, 2.24) is 0 Å². The van der Waals surface area contributed by atoms with Gasteiger partial charge in [-0.05, 0) is 32.7 Å². The van der Waals surface area contributed by atoms with Gasteiger partial charge in [-0.2, -0.15) is 0 Å². The lowest BCUT2D eigenvalue weighted by Gasteiger charge is -2.19. The number of rotatable bonds is 4. The second-order valence-corrected chi connectivity index (χ2v) is 14.4. The summed E-state index contributed by atoms with van der Waals surface area (Å²) < 4.78 is 10.4. The molecule has 0 unspecified atom stereocenters. The third kappa shape index (κ3) is 10.1. The third-order valence-electron chi connectivity index (χ3n) is 0.980. The lowest BCUT2D eigenvalue weighted by molar-refractivity contribution is -0.137. The van der Waals surface area contributed by atoms with Gasteiger partial charge in [0.25, 0.3) is 0 Å². The van der Waals surface area contributed by atoms with Crippen LogP contribution in [0.4, 0.5) is 0 Å². The van der Waals surface area contributed by atoms with E-state index in [2.05, 4.69) is 0 Å². The average molecular weight is 241 g/mol. The van der Waals surface area contributed by atoms with Gasteiger partial charge in [0.2, 0.25) is 0 Å². The lowest BCUT2D eigenvalue weighted by atomic mass is 10.8. The second kappa shape index (κ2) is 4.59. The Balaban J connectivity index is 3.78. The fourth-order valence-electron chi connectivity index (χ4n) is 0.576. The van der Waals surface area contributed by atoms with Crippen LogP contribution in [0.5, 0.6) is 0 Å². The number of carbonyl (C=O) groups is 1. The van der Waals surface area contributed by atoms with E-state index in [1.165, 1.54) is 0 Å². The minimum atomic E-state index is -2.26. The van der Waals surface area contributed by atoms with E-state index in [4.69, 9.17) is 19.9 Å². The van der Waals surface area contributed by atoms with Gasteiger partial charge in [-0.25, -0.2) is 0 Å². The Morgan fingerprint density at radius 2 is 1.69 bits per heavy atom. The van der Waals surface area contributed by atoms with Crippen LogP contribution >= 0.6 is 11.1 Å². The first-order valence-electron chi connectivity index (χ1n) is 4.15. The molecule has 0 saturated heterocycles. The highest BCUT2D eigenvalue weighted by Crippen LogP contribution is 2.10. The molecule has 0 amide bonds. The first kappa shape index (κ1) is 13.2. The maximum absolute atomic E-state index is 11.1. The van der Waals surface area contributed by atoms with Crippen molar-refractivity contribution in [1.29, 1.82) is 0 Å². The van der Waals surface area contributed by atoms with E-state index in [1.807, 2.05) is 19.6 Å². The molecule has 0 aromatic rings. The molecule has 0 aliphatic heterocycles. The molecule has 0 N–H and O–H groups in total. The molecule has 0 aromatic heterocycles. The molecule has 0 aliphatic carbocycles. The van der Waals surface area contributed by atoms with Crippen LogP contribution in [0.3, 0.4) is 0 Å². The van der Waals surface area contributed by atoms with E-state index in [9.17, 15) is 4.79 Å². The number of hydrogen-bond donors (Lipinski definition) is 0. The molecular formula is C7H17ClO3Si2. The Morgan fingerprint density at radius 1 is 1.23 bits per heavy atom. The predicted octanol–water partition coefficient (Wildman–Crippen LogP) is 2.32. The number of carbonyl (C=O) groups excluding carboxylic acids is 1. The Morgan fingerprint density at radius 3 is 2.00 bits per heavy atom. The molecule has 0 bridgehead atoms. The molecule has 3 nitrogen and oxygen atoms in total. The molecule has 0 aromatic carbocycles. The van der Waals surface area contributed by atoms with Gasteiger partial charge in [-0.1, -0.05) is 0 Å². The van der Waals surface area contributed by atoms with Crippen molar-refractivity contribution in [3.05, 3.63) is 0 Å². The predicted molar refractivity (Wildman–Crippen MR) is 58.7 cm³/mol. The van der Waals surface area contributed by atoms with Crippen LogP contribution in [0.1, 0.15) is 0 Å². The molecule has 78 valence electrons. The van der Waals surface area contributed by atoms with Crippen molar-refractivity contribution in [2.24, 2.45) is 0 Å².